The van der Waals surface area contributed by atoms with Crippen molar-refractivity contribution in [1.29, 1.82) is 0 Å². The van der Waals surface area contributed by atoms with E-state index in [-0.39, 0.29) is 11.3 Å². The lowest BCUT2D eigenvalue weighted by atomic mass is 10.0. The van der Waals surface area contributed by atoms with Crippen molar-refractivity contribution in [1.82, 2.24) is 10.2 Å². The zero-order valence-corrected chi connectivity index (χ0v) is 12.3. The third-order valence-corrected chi connectivity index (χ3v) is 4.14. The fourth-order valence-electron chi connectivity index (χ4n) is 2.40. The van der Waals surface area contributed by atoms with Gasteiger partial charge in [-0.2, -0.15) is 0 Å². The van der Waals surface area contributed by atoms with Crippen LogP contribution in [0.15, 0.2) is 16.6 Å². The number of benzene rings is 1. The van der Waals surface area contributed by atoms with Crippen LogP contribution >= 0.6 is 15.9 Å². The van der Waals surface area contributed by atoms with Crippen molar-refractivity contribution in [2.75, 3.05) is 26.2 Å². The number of phenolic OH excluding ortho intramolecular Hbond substituents is 1. The third-order valence-electron chi connectivity index (χ3n) is 3.45. The van der Waals surface area contributed by atoms with E-state index in [1.165, 1.54) is 0 Å². The summed E-state index contributed by atoms with van der Waals surface area (Å²) in [5.41, 5.74) is 0.899. The predicted molar refractivity (Wildman–Crippen MR) is 73.7 cm³/mol. The first-order valence-corrected chi connectivity index (χ1v) is 7.02. The van der Waals surface area contributed by atoms with Gasteiger partial charge in [0.2, 0.25) is 0 Å². The molecule has 1 aromatic carbocycles. The summed E-state index contributed by atoms with van der Waals surface area (Å²) in [6.45, 7) is 4.19. The highest BCUT2D eigenvalue weighted by atomic mass is 79.9. The number of halogens is 3. The molecule has 1 aliphatic rings. The Morgan fingerprint density at radius 2 is 1.95 bits per heavy atom. The molecule has 0 spiro atoms. The van der Waals surface area contributed by atoms with Gasteiger partial charge in [-0.15, -0.1) is 0 Å². The molecule has 19 heavy (non-hydrogen) atoms. The van der Waals surface area contributed by atoms with Crippen molar-refractivity contribution in [3.05, 3.63) is 27.7 Å². The zero-order chi connectivity index (χ0) is 14.0. The number of piperazine rings is 1. The minimum Gasteiger partial charge on any atom is -0.507 e. The summed E-state index contributed by atoms with van der Waals surface area (Å²) in [6, 6.07) is 2.35. The van der Waals surface area contributed by atoms with E-state index < -0.39 is 12.5 Å². The molecule has 0 amide bonds. The summed E-state index contributed by atoms with van der Waals surface area (Å²) in [7, 11) is 0. The van der Waals surface area contributed by atoms with Gasteiger partial charge in [-0.3, -0.25) is 4.90 Å². The Hall–Kier alpha value is -0.720. The van der Waals surface area contributed by atoms with Crippen LogP contribution in [0.5, 0.6) is 5.75 Å². The van der Waals surface area contributed by atoms with Crippen LogP contribution in [0.3, 0.4) is 0 Å². The summed E-state index contributed by atoms with van der Waals surface area (Å²) in [5, 5.41) is 13.3. The number of aromatic hydroxyl groups is 1. The third kappa shape index (κ3) is 3.07. The largest absolute Gasteiger partial charge is 0.507 e. The van der Waals surface area contributed by atoms with Crippen LogP contribution < -0.4 is 5.32 Å². The number of rotatable bonds is 3. The van der Waals surface area contributed by atoms with Gasteiger partial charge in [-0.1, -0.05) is 22.0 Å². The first kappa shape index (κ1) is 14.7. The second-order valence-corrected chi connectivity index (χ2v) is 5.55. The average Bonchev–Trinajstić information content (AvgIpc) is 2.39. The van der Waals surface area contributed by atoms with E-state index >= 15 is 0 Å². The minimum atomic E-state index is -2.54. The Balaban J connectivity index is 2.41. The van der Waals surface area contributed by atoms with Gasteiger partial charge in [-0.05, 0) is 18.6 Å². The van der Waals surface area contributed by atoms with Gasteiger partial charge >= 0.3 is 0 Å². The molecule has 0 aromatic heterocycles. The summed E-state index contributed by atoms with van der Waals surface area (Å²) in [6.07, 6.45) is -2.54. The smallest absolute Gasteiger partial charge is 0.258 e. The van der Waals surface area contributed by atoms with Gasteiger partial charge < -0.3 is 10.4 Å². The zero-order valence-electron chi connectivity index (χ0n) is 10.7. The molecule has 3 nitrogen and oxygen atoms in total. The molecule has 0 aliphatic carbocycles. The van der Waals surface area contributed by atoms with E-state index in [0.29, 0.717) is 36.2 Å². The Bertz CT molecular complexity index is 451. The number of hydrogen-bond donors (Lipinski definition) is 2. The molecule has 1 heterocycles. The molecule has 0 radical (unpaired) electrons. The standard InChI is InChI=1S/C13H17BrF2N2O/c1-8-2-3-9(14)10(12(8)19)11(13(15)16)18-6-4-17-5-7-18/h2-3,11,13,17,19H,4-7H2,1H3/t11-/m1/s1. The molecule has 6 heteroatoms. The van der Waals surface area contributed by atoms with Crippen LogP contribution in [-0.4, -0.2) is 42.6 Å². The lowest BCUT2D eigenvalue weighted by Gasteiger charge is -2.35. The Labute approximate surface area is 119 Å². The van der Waals surface area contributed by atoms with Crippen LogP contribution in [-0.2, 0) is 0 Å². The van der Waals surface area contributed by atoms with Crippen molar-refractivity contribution in [3.63, 3.8) is 0 Å². The summed E-state index contributed by atoms with van der Waals surface area (Å²) in [5.74, 6) is -0.0433. The molecule has 0 unspecified atom stereocenters. The van der Waals surface area contributed by atoms with Crippen LogP contribution in [0.25, 0.3) is 0 Å². The Kier molecular flexibility index (Phi) is 4.76. The van der Waals surface area contributed by atoms with E-state index in [2.05, 4.69) is 21.2 Å². The van der Waals surface area contributed by atoms with Crippen molar-refractivity contribution in [2.24, 2.45) is 0 Å². The van der Waals surface area contributed by atoms with E-state index in [1.54, 1.807) is 24.0 Å². The molecule has 0 bridgehead atoms. The molecular weight excluding hydrogens is 318 g/mol. The summed E-state index contributed by atoms with van der Waals surface area (Å²) < 4.78 is 27.5. The molecular formula is C13H17BrF2N2O. The molecule has 106 valence electrons. The molecule has 1 aliphatic heterocycles. The lowest BCUT2D eigenvalue weighted by Crippen LogP contribution is -2.47. The van der Waals surface area contributed by atoms with Crippen LogP contribution in [0.4, 0.5) is 8.78 Å². The molecule has 1 aromatic rings. The number of nitrogens with zero attached hydrogens (tertiary/aromatic N) is 1. The van der Waals surface area contributed by atoms with E-state index in [1.807, 2.05) is 0 Å². The number of phenols is 1. The van der Waals surface area contributed by atoms with Crippen molar-refractivity contribution in [2.45, 2.75) is 19.4 Å². The van der Waals surface area contributed by atoms with Gasteiger partial charge in [0.05, 0.1) is 0 Å². The molecule has 1 fully saturated rings. The van der Waals surface area contributed by atoms with Crippen LogP contribution in [0.2, 0.25) is 0 Å². The van der Waals surface area contributed by atoms with Gasteiger partial charge in [0.1, 0.15) is 11.8 Å². The van der Waals surface area contributed by atoms with E-state index in [0.717, 1.165) is 0 Å². The topological polar surface area (TPSA) is 35.5 Å². The monoisotopic (exact) mass is 334 g/mol. The lowest BCUT2D eigenvalue weighted by molar-refractivity contribution is 0.0166. The maximum absolute atomic E-state index is 13.5. The molecule has 0 saturated carbocycles. The highest BCUT2D eigenvalue weighted by Crippen LogP contribution is 2.40. The second-order valence-electron chi connectivity index (χ2n) is 4.69. The maximum atomic E-state index is 13.5. The van der Waals surface area contributed by atoms with Gasteiger partial charge in [0.15, 0.2) is 0 Å². The summed E-state index contributed by atoms with van der Waals surface area (Å²) in [4.78, 5) is 1.72. The van der Waals surface area contributed by atoms with Crippen molar-refractivity contribution in [3.8, 4) is 5.75 Å². The average molecular weight is 335 g/mol. The maximum Gasteiger partial charge on any atom is 0.258 e. The fourth-order valence-corrected chi connectivity index (χ4v) is 2.96. The highest BCUT2D eigenvalue weighted by molar-refractivity contribution is 9.10. The quantitative estimate of drug-likeness (QED) is 0.892. The van der Waals surface area contributed by atoms with Crippen LogP contribution in [0, 0.1) is 6.92 Å². The van der Waals surface area contributed by atoms with Gasteiger partial charge in [0, 0.05) is 36.2 Å². The number of aryl methyl sites for hydroxylation is 1. The minimum absolute atomic E-state index is 0.0433. The van der Waals surface area contributed by atoms with Crippen molar-refractivity contribution < 1.29 is 13.9 Å². The molecule has 2 N–H and O–H groups in total. The van der Waals surface area contributed by atoms with E-state index in [4.69, 9.17) is 0 Å². The second kappa shape index (κ2) is 6.15. The van der Waals surface area contributed by atoms with Gasteiger partial charge in [-0.25, -0.2) is 8.78 Å². The first-order valence-electron chi connectivity index (χ1n) is 6.23. The summed E-state index contributed by atoms with van der Waals surface area (Å²) >= 11 is 3.28. The molecule has 1 atom stereocenters. The SMILES string of the molecule is Cc1ccc(Br)c([C@H](C(F)F)N2CCNCC2)c1O. The highest BCUT2D eigenvalue weighted by Gasteiger charge is 2.33. The Morgan fingerprint density at radius 1 is 1.32 bits per heavy atom. The fraction of sp³-hybridized carbons (Fsp3) is 0.538. The van der Waals surface area contributed by atoms with Gasteiger partial charge in [0.25, 0.3) is 6.43 Å². The number of alkyl halides is 2. The predicted octanol–water partition coefficient (Wildman–Crippen LogP) is 2.67. The Morgan fingerprint density at radius 3 is 2.53 bits per heavy atom. The van der Waals surface area contributed by atoms with E-state index in [9.17, 15) is 13.9 Å². The number of nitrogens with one attached hydrogen (secondary N) is 1. The normalized spacial score (nSPS) is 18.8. The van der Waals surface area contributed by atoms with Crippen molar-refractivity contribution >= 4 is 15.9 Å². The van der Waals surface area contributed by atoms with Crippen LogP contribution in [0.1, 0.15) is 17.2 Å². The number of hydrogen-bond acceptors (Lipinski definition) is 3. The molecule has 2 rings (SSSR count). The molecule has 1 saturated heterocycles. The first-order chi connectivity index (χ1) is 9.02.